The second kappa shape index (κ2) is 9.16. The van der Waals surface area contributed by atoms with Crippen LogP contribution in [0.2, 0.25) is 0 Å². The van der Waals surface area contributed by atoms with Crippen molar-refractivity contribution in [1.82, 2.24) is 10.1 Å². The van der Waals surface area contributed by atoms with E-state index in [1.54, 1.807) is 0 Å². The van der Waals surface area contributed by atoms with Gasteiger partial charge in [0.25, 0.3) is 5.91 Å². The smallest absolute Gasteiger partial charge is 0.372 e. The predicted molar refractivity (Wildman–Crippen MR) is 128 cm³/mol. The average molecular weight is 441 g/mol. The molecule has 2 heterocycles. The lowest BCUT2D eigenvalue weighted by Gasteiger charge is -2.29. The third kappa shape index (κ3) is 4.57. The van der Waals surface area contributed by atoms with Crippen molar-refractivity contribution in [2.45, 2.75) is 19.3 Å². The molecule has 166 valence electrons. The van der Waals surface area contributed by atoms with Crippen molar-refractivity contribution in [1.29, 1.82) is 0 Å². The molecule has 0 spiro atoms. The standard InChI is InChI=1S/C26H24N4O3/c31-25(20-10-7-11-21(16-20)30-14-5-2-6-15-30)27-23-17-19(18-8-3-1-4-9-18)12-13-22(23)24-28-26(32)33-29-24/h1,3-4,7-13,16-17H,2,5-6,14-15H2,(H,27,31)(H,28,29,32). The molecule has 0 atom stereocenters. The number of nitrogens with one attached hydrogen (secondary N) is 2. The van der Waals surface area contributed by atoms with Crippen LogP contribution in [0.5, 0.6) is 0 Å². The molecule has 0 aliphatic carbocycles. The Morgan fingerprint density at radius 3 is 2.48 bits per heavy atom. The maximum atomic E-state index is 13.2. The lowest BCUT2D eigenvalue weighted by molar-refractivity contribution is 0.102. The maximum Gasteiger partial charge on any atom is 0.439 e. The highest BCUT2D eigenvalue weighted by Gasteiger charge is 2.17. The number of hydrogen-bond donors (Lipinski definition) is 2. The van der Waals surface area contributed by atoms with Crippen LogP contribution in [-0.2, 0) is 0 Å². The Balaban J connectivity index is 1.48. The van der Waals surface area contributed by atoms with Crippen LogP contribution in [0, 0.1) is 0 Å². The van der Waals surface area contributed by atoms with E-state index in [2.05, 4.69) is 24.9 Å². The summed E-state index contributed by atoms with van der Waals surface area (Å²) in [6.07, 6.45) is 3.59. The first kappa shape index (κ1) is 20.8. The summed E-state index contributed by atoms with van der Waals surface area (Å²) in [5.41, 5.74) is 4.68. The Morgan fingerprint density at radius 2 is 1.73 bits per heavy atom. The van der Waals surface area contributed by atoms with Crippen LogP contribution < -0.4 is 16.0 Å². The largest absolute Gasteiger partial charge is 0.439 e. The van der Waals surface area contributed by atoms with E-state index in [0.717, 1.165) is 29.9 Å². The van der Waals surface area contributed by atoms with Gasteiger partial charge in [0.2, 0.25) is 0 Å². The molecule has 1 amide bonds. The topological polar surface area (TPSA) is 91.2 Å². The summed E-state index contributed by atoms with van der Waals surface area (Å²) in [4.78, 5) is 29.6. The summed E-state index contributed by atoms with van der Waals surface area (Å²) in [6, 6.07) is 23.2. The minimum absolute atomic E-state index is 0.230. The summed E-state index contributed by atoms with van der Waals surface area (Å²) < 4.78 is 4.68. The van der Waals surface area contributed by atoms with Gasteiger partial charge in [0, 0.05) is 29.9 Å². The normalized spacial score (nSPS) is 13.6. The SMILES string of the molecule is O=C(Nc1cc(-c2ccccc2)ccc1-c1noc(=O)[nH]1)c1cccc(N2CCCCC2)c1. The number of hydrogen-bond acceptors (Lipinski definition) is 5. The molecule has 1 saturated heterocycles. The molecule has 3 aromatic carbocycles. The van der Waals surface area contributed by atoms with Crippen LogP contribution in [-0.4, -0.2) is 29.1 Å². The Hall–Kier alpha value is -4.13. The first-order valence-corrected chi connectivity index (χ1v) is 11.1. The number of aromatic amines is 1. The predicted octanol–water partition coefficient (Wildman–Crippen LogP) is 4.94. The molecule has 7 nitrogen and oxygen atoms in total. The third-order valence-electron chi connectivity index (χ3n) is 5.90. The molecule has 1 aliphatic rings. The van der Waals surface area contributed by atoms with E-state index in [0.29, 0.717) is 16.8 Å². The summed E-state index contributed by atoms with van der Waals surface area (Å²) in [5, 5.41) is 6.82. The number of anilines is 2. The fourth-order valence-corrected chi connectivity index (χ4v) is 4.20. The molecule has 1 aliphatic heterocycles. The molecule has 33 heavy (non-hydrogen) atoms. The highest BCUT2D eigenvalue weighted by atomic mass is 16.5. The van der Waals surface area contributed by atoms with Crippen LogP contribution in [0.25, 0.3) is 22.5 Å². The zero-order valence-corrected chi connectivity index (χ0v) is 18.1. The molecule has 5 rings (SSSR count). The monoisotopic (exact) mass is 440 g/mol. The van der Waals surface area contributed by atoms with Gasteiger partial charge in [-0.2, -0.15) is 0 Å². The Kier molecular flexibility index (Phi) is 5.76. The number of piperidine rings is 1. The van der Waals surface area contributed by atoms with Crippen LogP contribution in [0.15, 0.2) is 82.1 Å². The van der Waals surface area contributed by atoms with E-state index in [1.807, 2.05) is 72.8 Å². The highest BCUT2D eigenvalue weighted by molar-refractivity contribution is 6.07. The van der Waals surface area contributed by atoms with Crippen molar-refractivity contribution in [2.24, 2.45) is 0 Å². The van der Waals surface area contributed by atoms with Crippen LogP contribution in [0.4, 0.5) is 11.4 Å². The van der Waals surface area contributed by atoms with E-state index < -0.39 is 5.76 Å². The average Bonchev–Trinajstić information content (AvgIpc) is 3.31. The van der Waals surface area contributed by atoms with Crippen molar-refractivity contribution in [3.05, 3.63) is 88.9 Å². The lowest BCUT2D eigenvalue weighted by Crippen LogP contribution is -2.29. The van der Waals surface area contributed by atoms with Gasteiger partial charge in [-0.05, 0) is 60.7 Å². The second-order valence-electron chi connectivity index (χ2n) is 8.12. The molecule has 0 saturated carbocycles. The van der Waals surface area contributed by atoms with E-state index in [4.69, 9.17) is 0 Å². The first-order valence-electron chi connectivity index (χ1n) is 11.1. The molecule has 4 aromatic rings. The van der Waals surface area contributed by atoms with Gasteiger partial charge in [-0.25, -0.2) is 4.79 Å². The Labute approximate surface area is 191 Å². The first-order chi connectivity index (χ1) is 16.2. The van der Waals surface area contributed by atoms with Gasteiger partial charge in [-0.3, -0.25) is 14.3 Å². The fourth-order valence-electron chi connectivity index (χ4n) is 4.20. The quantitative estimate of drug-likeness (QED) is 0.459. The van der Waals surface area contributed by atoms with Gasteiger partial charge in [0.15, 0.2) is 5.82 Å². The van der Waals surface area contributed by atoms with Gasteiger partial charge in [0.05, 0.1) is 5.69 Å². The van der Waals surface area contributed by atoms with Crippen molar-refractivity contribution in [3.63, 3.8) is 0 Å². The molecule has 0 bridgehead atoms. The summed E-state index contributed by atoms with van der Waals surface area (Å²) in [5.74, 6) is -0.619. The molecular weight excluding hydrogens is 416 g/mol. The van der Waals surface area contributed by atoms with Gasteiger partial charge >= 0.3 is 5.76 Å². The van der Waals surface area contributed by atoms with Gasteiger partial charge in [0.1, 0.15) is 0 Å². The summed E-state index contributed by atoms with van der Waals surface area (Å²) in [7, 11) is 0. The molecule has 2 N–H and O–H groups in total. The molecular formula is C26H24N4O3. The second-order valence-corrected chi connectivity index (χ2v) is 8.12. The minimum atomic E-state index is -0.649. The number of aromatic nitrogens is 2. The number of rotatable bonds is 5. The Morgan fingerprint density at radius 1 is 0.909 bits per heavy atom. The molecule has 0 radical (unpaired) electrons. The van der Waals surface area contributed by atoms with Crippen LogP contribution in [0.3, 0.4) is 0 Å². The number of benzene rings is 3. The number of carbonyl (C=O) groups is 1. The zero-order chi connectivity index (χ0) is 22.6. The zero-order valence-electron chi connectivity index (χ0n) is 18.1. The minimum Gasteiger partial charge on any atom is -0.372 e. The third-order valence-corrected chi connectivity index (χ3v) is 5.90. The summed E-state index contributed by atoms with van der Waals surface area (Å²) in [6.45, 7) is 2.02. The molecule has 0 unspecified atom stereocenters. The van der Waals surface area contributed by atoms with Gasteiger partial charge < -0.3 is 10.2 Å². The van der Waals surface area contributed by atoms with Crippen molar-refractivity contribution >= 4 is 17.3 Å². The molecule has 1 fully saturated rings. The van der Waals surface area contributed by atoms with E-state index in [9.17, 15) is 9.59 Å². The van der Waals surface area contributed by atoms with Crippen LogP contribution >= 0.6 is 0 Å². The fraction of sp³-hybridized carbons (Fsp3) is 0.192. The van der Waals surface area contributed by atoms with Crippen molar-refractivity contribution < 1.29 is 9.32 Å². The number of H-pyrrole nitrogens is 1. The summed E-state index contributed by atoms with van der Waals surface area (Å²) >= 11 is 0. The van der Waals surface area contributed by atoms with Crippen LogP contribution in [0.1, 0.15) is 29.6 Å². The van der Waals surface area contributed by atoms with Gasteiger partial charge in [-0.1, -0.05) is 47.6 Å². The lowest BCUT2D eigenvalue weighted by atomic mass is 10.0. The van der Waals surface area contributed by atoms with E-state index in [1.165, 1.54) is 19.3 Å². The number of nitrogens with zero attached hydrogens (tertiary/aromatic N) is 2. The number of carbonyl (C=O) groups excluding carboxylic acids is 1. The van der Waals surface area contributed by atoms with E-state index >= 15 is 0 Å². The highest BCUT2D eigenvalue weighted by Crippen LogP contribution is 2.31. The van der Waals surface area contributed by atoms with Crippen molar-refractivity contribution in [2.75, 3.05) is 23.3 Å². The van der Waals surface area contributed by atoms with Gasteiger partial charge in [-0.15, -0.1) is 0 Å². The molecule has 1 aromatic heterocycles. The van der Waals surface area contributed by atoms with Crippen molar-refractivity contribution in [3.8, 4) is 22.5 Å². The number of amides is 1. The van der Waals surface area contributed by atoms with E-state index in [-0.39, 0.29) is 11.7 Å². The maximum absolute atomic E-state index is 13.2. The molecule has 7 heteroatoms. The Bertz CT molecular complexity index is 1320.